The van der Waals surface area contributed by atoms with Crippen LogP contribution in [0.2, 0.25) is 13.1 Å². The Kier molecular flexibility index (Phi) is 19.9. The summed E-state index contributed by atoms with van der Waals surface area (Å²) in [7, 11) is 0.417. The van der Waals surface area contributed by atoms with E-state index in [4.69, 9.17) is 0 Å². The van der Waals surface area contributed by atoms with E-state index in [0.29, 0.717) is 9.52 Å². The number of rotatable bonds is 0. The molecule has 0 aliphatic heterocycles. The molecule has 24 valence electrons. The van der Waals surface area contributed by atoms with Gasteiger partial charge in [-0.1, -0.05) is 13.1 Å². The summed E-state index contributed by atoms with van der Waals surface area (Å²) in [6.07, 6.45) is 0. The molecule has 0 aromatic heterocycles. The Labute approximate surface area is 48.6 Å². The molecule has 2 heteroatoms. The van der Waals surface area contributed by atoms with Gasteiger partial charge in [-0.15, -0.1) is 0 Å². The Morgan fingerprint density at radius 2 is 1.25 bits per heavy atom. The van der Waals surface area contributed by atoms with Gasteiger partial charge in [0.15, 0.2) is 0 Å². The molecule has 0 spiro atoms. The van der Waals surface area contributed by atoms with Crippen molar-refractivity contribution >= 4 is 9.52 Å². The van der Waals surface area contributed by atoms with Gasteiger partial charge in [0.25, 0.3) is 0 Å². The van der Waals surface area contributed by atoms with Gasteiger partial charge < -0.3 is 0 Å². The molecular formula is C2H8HfSi. The maximum absolute atomic E-state index is 2.26. The summed E-state index contributed by atoms with van der Waals surface area (Å²) in [6, 6.07) is 0. The zero-order valence-corrected chi connectivity index (χ0v) is 8.21. The molecule has 4 heavy (non-hydrogen) atoms. The van der Waals surface area contributed by atoms with Crippen LogP contribution in [0.4, 0.5) is 0 Å². The average molecular weight is 239 g/mol. The van der Waals surface area contributed by atoms with Gasteiger partial charge in [0, 0.05) is 35.4 Å². The fourth-order valence-electron chi connectivity index (χ4n) is 0. The minimum Gasteiger partial charge on any atom is -0.0750 e. The van der Waals surface area contributed by atoms with E-state index >= 15 is 0 Å². The standard InChI is InChI=1S/C2H8Si.Hf/c1-3-2;/h3H2,1-2H3;. The van der Waals surface area contributed by atoms with Crippen LogP contribution in [0, 0.1) is 0 Å². The first-order valence-corrected chi connectivity index (χ1v) is 4.24. The second kappa shape index (κ2) is 8.94. The van der Waals surface area contributed by atoms with Crippen molar-refractivity contribution in [1.82, 2.24) is 0 Å². The van der Waals surface area contributed by atoms with E-state index in [1.54, 1.807) is 0 Å². The second-order valence-electron chi connectivity index (χ2n) is 0.707. The van der Waals surface area contributed by atoms with Crippen LogP contribution in [0.15, 0.2) is 0 Å². The summed E-state index contributed by atoms with van der Waals surface area (Å²) < 4.78 is 0. The smallest absolute Gasteiger partial charge is 0.0135 e. The van der Waals surface area contributed by atoms with Crippen molar-refractivity contribution < 1.29 is 25.8 Å². The van der Waals surface area contributed by atoms with Crippen LogP contribution in [0.5, 0.6) is 0 Å². The first-order chi connectivity index (χ1) is 1.41. The molecule has 0 radical (unpaired) electrons. The average Bonchev–Trinajstić information content (AvgIpc) is 0.918. The van der Waals surface area contributed by atoms with Crippen LogP contribution < -0.4 is 0 Å². The van der Waals surface area contributed by atoms with Gasteiger partial charge in [0.2, 0.25) is 0 Å². The Bertz CT molecular complexity index is 6.00. The molecule has 0 nitrogen and oxygen atoms in total. The first kappa shape index (κ1) is 8.92. The molecule has 0 aromatic carbocycles. The van der Waals surface area contributed by atoms with Gasteiger partial charge in [-0.05, 0) is 0 Å². The van der Waals surface area contributed by atoms with Crippen LogP contribution in [-0.2, 0) is 25.8 Å². The van der Waals surface area contributed by atoms with Gasteiger partial charge in [0.1, 0.15) is 0 Å². The van der Waals surface area contributed by atoms with Crippen LogP contribution in [0.3, 0.4) is 0 Å². The Morgan fingerprint density at radius 3 is 1.25 bits per heavy atom. The summed E-state index contributed by atoms with van der Waals surface area (Å²) in [4.78, 5) is 0. The van der Waals surface area contributed by atoms with Crippen molar-refractivity contribution in [2.75, 3.05) is 0 Å². The van der Waals surface area contributed by atoms with Gasteiger partial charge in [0.05, 0.1) is 0 Å². The molecule has 0 heterocycles. The Hall–Kier alpha value is 1.09. The van der Waals surface area contributed by atoms with E-state index in [1.807, 2.05) is 0 Å². The molecule has 0 aliphatic carbocycles. The molecule has 0 saturated carbocycles. The van der Waals surface area contributed by atoms with Gasteiger partial charge in [-0.25, -0.2) is 0 Å². The van der Waals surface area contributed by atoms with Gasteiger partial charge in [-0.3, -0.25) is 0 Å². The summed E-state index contributed by atoms with van der Waals surface area (Å²) >= 11 is 0. The minimum absolute atomic E-state index is 0. The molecule has 0 N–H and O–H groups in total. The van der Waals surface area contributed by atoms with Gasteiger partial charge >= 0.3 is 0 Å². The molecule has 0 bridgehead atoms. The number of hydrogen-bond donors (Lipinski definition) is 0. The van der Waals surface area contributed by atoms with Crippen LogP contribution in [0.25, 0.3) is 0 Å². The van der Waals surface area contributed by atoms with Crippen molar-refractivity contribution in [3.8, 4) is 0 Å². The topological polar surface area (TPSA) is 0 Å². The van der Waals surface area contributed by atoms with E-state index in [2.05, 4.69) is 13.1 Å². The predicted molar refractivity (Wildman–Crippen MR) is 20.3 cm³/mol. The zero-order chi connectivity index (χ0) is 2.71. The van der Waals surface area contributed by atoms with E-state index in [1.165, 1.54) is 0 Å². The Morgan fingerprint density at radius 1 is 1.25 bits per heavy atom. The maximum Gasteiger partial charge on any atom is 0.0135 e. The minimum atomic E-state index is 0. The summed E-state index contributed by atoms with van der Waals surface area (Å²) in [5, 5.41) is 0. The molecule has 0 rings (SSSR count). The van der Waals surface area contributed by atoms with E-state index in [9.17, 15) is 0 Å². The molecule has 0 aromatic rings. The third kappa shape index (κ3) is 11.4. The third-order valence-corrected chi connectivity index (χ3v) is 0. The molecular weight excluding hydrogens is 231 g/mol. The fourth-order valence-corrected chi connectivity index (χ4v) is 0. The second-order valence-corrected chi connectivity index (χ2v) is 2.12. The van der Waals surface area contributed by atoms with Gasteiger partial charge in [-0.2, -0.15) is 0 Å². The Balaban J connectivity index is 0. The largest absolute Gasteiger partial charge is 0.0750 e. The predicted octanol–water partition coefficient (Wildman–Crippen LogP) is 0.249. The zero-order valence-electron chi connectivity index (χ0n) is 3.21. The van der Waals surface area contributed by atoms with Crippen molar-refractivity contribution in [1.29, 1.82) is 0 Å². The van der Waals surface area contributed by atoms with Crippen LogP contribution >= 0.6 is 0 Å². The van der Waals surface area contributed by atoms with Crippen molar-refractivity contribution in [3.05, 3.63) is 0 Å². The SMILES string of the molecule is C[SiH2]C.[Hf]. The fraction of sp³-hybridized carbons (Fsp3) is 1.00. The monoisotopic (exact) mass is 240 g/mol. The maximum atomic E-state index is 2.26. The quantitative estimate of drug-likeness (QED) is 0.531. The van der Waals surface area contributed by atoms with Crippen molar-refractivity contribution in [2.45, 2.75) is 13.1 Å². The van der Waals surface area contributed by atoms with Crippen LogP contribution in [-0.4, -0.2) is 9.52 Å². The normalized spacial score (nSPS) is 4.50. The molecule has 0 atom stereocenters. The summed E-state index contributed by atoms with van der Waals surface area (Å²) in [5.41, 5.74) is 0. The molecule has 0 fully saturated rings. The van der Waals surface area contributed by atoms with E-state index < -0.39 is 0 Å². The molecule has 0 unspecified atom stereocenters. The van der Waals surface area contributed by atoms with Crippen LogP contribution in [0.1, 0.15) is 0 Å². The molecule has 0 amide bonds. The van der Waals surface area contributed by atoms with E-state index in [-0.39, 0.29) is 25.8 Å². The van der Waals surface area contributed by atoms with E-state index in [0.717, 1.165) is 0 Å². The number of hydrogen-bond acceptors (Lipinski definition) is 0. The summed E-state index contributed by atoms with van der Waals surface area (Å²) in [6.45, 7) is 4.53. The summed E-state index contributed by atoms with van der Waals surface area (Å²) in [5.74, 6) is 0. The molecule has 0 saturated heterocycles. The van der Waals surface area contributed by atoms with Crippen molar-refractivity contribution in [3.63, 3.8) is 0 Å². The van der Waals surface area contributed by atoms with Crippen molar-refractivity contribution in [2.24, 2.45) is 0 Å². The molecule has 0 aliphatic rings. The third-order valence-electron chi connectivity index (χ3n) is 0. The first-order valence-electron chi connectivity index (χ1n) is 1.41.